The number of benzene rings is 2. The SMILES string of the molecule is CCCOc1ccc(NC(=O)C(C)N2C(=O)c3ccccc3C2=O)cc1. The highest BCUT2D eigenvalue weighted by Gasteiger charge is 2.40. The molecule has 2 aromatic carbocycles. The van der Waals surface area contributed by atoms with Gasteiger partial charge < -0.3 is 10.1 Å². The zero-order valence-corrected chi connectivity index (χ0v) is 14.7. The van der Waals surface area contributed by atoms with E-state index in [-0.39, 0.29) is 0 Å². The zero-order valence-electron chi connectivity index (χ0n) is 14.7. The molecule has 0 aliphatic carbocycles. The lowest BCUT2D eigenvalue weighted by Crippen LogP contribution is -2.45. The highest BCUT2D eigenvalue weighted by molar-refractivity contribution is 6.23. The van der Waals surface area contributed by atoms with Gasteiger partial charge in [0.1, 0.15) is 11.8 Å². The number of rotatable bonds is 6. The van der Waals surface area contributed by atoms with Gasteiger partial charge in [0, 0.05) is 5.69 Å². The van der Waals surface area contributed by atoms with Crippen LogP contribution in [0.4, 0.5) is 5.69 Å². The van der Waals surface area contributed by atoms with Gasteiger partial charge in [0.2, 0.25) is 5.91 Å². The molecule has 0 saturated heterocycles. The van der Waals surface area contributed by atoms with Gasteiger partial charge in [0.15, 0.2) is 0 Å². The van der Waals surface area contributed by atoms with Crippen LogP contribution in [0.3, 0.4) is 0 Å². The lowest BCUT2D eigenvalue weighted by Gasteiger charge is -2.21. The van der Waals surface area contributed by atoms with E-state index in [1.54, 1.807) is 48.5 Å². The molecule has 6 nitrogen and oxygen atoms in total. The normalized spacial score (nSPS) is 14.2. The van der Waals surface area contributed by atoms with Crippen molar-refractivity contribution in [3.05, 3.63) is 59.7 Å². The van der Waals surface area contributed by atoms with E-state index in [2.05, 4.69) is 5.32 Å². The topological polar surface area (TPSA) is 75.7 Å². The van der Waals surface area contributed by atoms with Gasteiger partial charge in [-0.25, -0.2) is 0 Å². The van der Waals surface area contributed by atoms with Crippen molar-refractivity contribution in [2.45, 2.75) is 26.3 Å². The van der Waals surface area contributed by atoms with E-state index in [1.165, 1.54) is 6.92 Å². The van der Waals surface area contributed by atoms with Gasteiger partial charge in [-0.15, -0.1) is 0 Å². The minimum absolute atomic E-state index is 0.328. The van der Waals surface area contributed by atoms with Gasteiger partial charge in [-0.3, -0.25) is 19.3 Å². The summed E-state index contributed by atoms with van der Waals surface area (Å²) in [5.74, 6) is -0.604. The number of hydrogen-bond acceptors (Lipinski definition) is 4. The second-order valence-corrected chi connectivity index (χ2v) is 6.06. The third-order valence-corrected chi connectivity index (χ3v) is 4.19. The fraction of sp³-hybridized carbons (Fsp3) is 0.250. The van der Waals surface area contributed by atoms with E-state index in [9.17, 15) is 14.4 Å². The number of anilines is 1. The van der Waals surface area contributed by atoms with Crippen LogP contribution < -0.4 is 10.1 Å². The molecular weight excluding hydrogens is 332 g/mol. The van der Waals surface area contributed by atoms with Gasteiger partial charge in [-0.05, 0) is 49.7 Å². The molecule has 1 heterocycles. The van der Waals surface area contributed by atoms with Crippen LogP contribution in [0.1, 0.15) is 41.0 Å². The van der Waals surface area contributed by atoms with Crippen molar-refractivity contribution in [1.29, 1.82) is 0 Å². The Balaban J connectivity index is 1.69. The minimum Gasteiger partial charge on any atom is -0.494 e. The van der Waals surface area contributed by atoms with Crippen LogP contribution in [0.2, 0.25) is 0 Å². The molecule has 1 aliphatic rings. The maximum Gasteiger partial charge on any atom is 0.262 e. The first-order valence-electron chi connectivity index (χ1n) is 8.53. The van der Waals surface area contributed by atoms with Crippen molar-refractivity contribution in [3.8, 4) is 5.75 Å². The first kappa shape index (κ1) is 17.7. The molecular formula is C20H20N2O4. The first-order valence-corrected chi connectivity index (χ1v) is 8.53. The van der Waals surface area contributed by atoms with Crippen LogP contribution in [0, 0.1) is 0 Å². The number of fused-ring (bicyclic) bond motifs is 1. The Kier molecular flexibility index (Phi) is 5.02. The predicted molar refractivity (Wildman–Crippen MR) is 97.3 cm³/mol. The number of nitrogens with one attached hydrogen (secondary N) is 1. The molecule has 0 aromatic heterocycles. The Morgan fingerprint density at radius 3 is 2.15 bits per heavy atom. The molecule has 0 radical (unpaired) electrons. The summed E-state index contributed by atoms with van der Waals surface area (Å²) in [4.78, 5) is 38.4. The van der Waals surface area contributed by atoms with Crippen molar-refractivity contribution >= 4 is 23.4 Å². The van der Waals surface area contributed by atoms with Gasteiger partial charge >= 0.3 is 0 Å². The Hall–Kier alpha value is -3.15. The summed E-state index contributed by atoms with van der Waals surface area (Å²) >= 11 is 0. The van der Waals surface area contributed by atoms with Crippen LogP contribution in [-0.4, -0.2) is 35.3 Å². The molecule has 1 unspecified atom stereocenters. The molecule has 0 saturated carbocycles. The molecule has 3 amide bonds. The molecule has 1 atom stereocenters. The number of amides is 3. The van der Waals surface area contributed by atoms with Crippen molar-refractivity contribution in [1.82, 2.24) is 4.90 Å². The van der Waals surface area contributed by atoms with E-state index >= 15 is 0 Å². The third kappa shape index (κ3) is 3.31. The van der Waals surface area contributed by atoms with Gasteiger partial charge in [0.25, 0.3) is 11.8 Å². The second kappa shape index (κ2) is 7.39. The van der Waals surface area contributed by atoms with Crippen molar-refractivity contribution in [2.75, 3.05) is 11.9 Å². The number of carbonyl (C=O) groups is 3. The molecule has 0 bridgehead atoms. The molecule has 3 rings (SSSR count). The Bertz CT molecular complexity index is 810. The summed E-state index contributed by atoms with van der Waals surface area (Å²) in [5, 5.41) is 2.73. The summed E-state index contributed by atoms with van der Waals surface area (Å²) in [7, 11) is 0. The molecule has 26 heavy (non-hydrogen) atoms. The smallest absolute Gasteiger partial charge is 0.262 e. The van der Waals surface area contributed by atoms with Crippen LogP contribution in [-0.2, 0) is 4.79 Å². The summed E-state index contributed by atoms with van der Waals surface area (Å²) in [6.07, 6.45) is 0.913. The zero-order chi connectivity index (χ0) is 18.7. The van der Waals surface area contributed by atoms with E-state index in [0.29, 0.717) is 23.4 Å². The summed E-state index contributed by atoms with van der Waals surface area (Å²) in [5.41, 5.74) is 1.23. The average molecular weight is 352 g/mol. The fourth-order valence-corrected chi connectivity index (χ4v) is 2.78. The maximum atomic E-state index is 12.5. The van der Waals surface area contributed by atoms with Gasteiger partial charge in [0.05, 0.1) is 17.7 Å². The molecule has 0 spiro atoms. The molecule has 6 heteroatoms. The Morgan fingerprint density at radius 2 is 1.62 bits per heavy atom. The number of ether oxygens (including phenoxy) is 1. The number of carbonyl (C=O) groups excluding carboxylic acids is 3. The summed E-state index contributed by atoms with van der Waals surface area (Å²) in [6.45, 7) is 4.19. The van der Waals surface area contributed by atoms with Crippen LogP contribution >= 0.6 is 0 Å². The highest BCUT2D eigenvalue weighted by Crippen LogP contribution is 2.25. The fourth-order valence-electron chi connectivity index (χ4n) is 2.78. The third-order valence-electron chi connectivity index (χ3n) is 4.19. The quantitative estimate of drug-likeness (QED) is 0.811. The minimum atomic E-state index is -0.918. The van der Waals surface area contributed by atoms with E-state index in [4.69, 9.17) is 4.74 Å². The summed E-state index contributed by atoms with van der Waals surface area (Å²) in [6, 6.07) is 12.6. The Labute approximate surface area is 151 Å². The number of hydrogen-bond donors (Lipinski definition) is 1. The lowest BCUT2D eigenvalue weighted by atomic mass is 10.1. The van der Waals surface area contributed by atoms with Crippen LogP contribution in [0.25, 0.3) is 0 Å². The predicted octanol–water partition coefficient (Wildman–Crippen LogP) is 3.10. The lowest BCUT2D eigenvalue weighted by molar-refractivity contribution is -0.119. The molecule has 0 fully saturated rings. The molecule has 1 aliphatic heterocycles. The number of imide groups is 1. The second-order valence-electron chi connectivity index (χ2n) is 6.06. The number of nitrogens with zero attached hydrogens (tertiary/aromatic N) is 1. The van der Waals surface area contributed by atoms with Crippen molar-refractivity contribution in [2.24, 2.45) is 0 Å². The molecule has 2 aromatic rings. The van der Waals surface area contributed by atoms with Crippen LogP contribution in [0.5, 0.6) is 5.75 Å². The van der Waals surface area contributed by atoms with E-state index in [0.717, 1.165) is 17.1 Å². The van der Waals surface area contributed by atoms with Gasteiger partial charge in [-0.1, -0.05) is 19.1 Å². The standard InChI is InChI=1S/C20H20N2O4/c1-3-12-26-15-10-8-14(9-11-15)21-18(23)13(2)22-19(24)16-6-4-5-7-17(16)20(22)25/h4-11,13H,3,12H2,1-2H3,(H,21,23). The average Bonchev–Trinajstić information content (AvgIpc) is 2.91. The van der Waals surface area contributed by atoms with Crippen molar-refractivity contribution < 1.29 is 19.1 Å². The van der Waals surface area contributed by atoms with Crippen LogP contribution in [0.15, 0.2) is 48.5 Å². The highest BCUT2D eigenvalue weighted by atomic mass is 16.5. The van der Waals surface area contributed by atoms with Gasteiger partial charge in [-0.2, -0.15) is 0 Å². The van der Waals surface area contributed by atoms with E-state index < -0.39 is 23.8 Å². The molecule has 134 valence electrons. The largest absolute Gasteiger partial charge is 0.494 e. The first-order chi connectivity index (χ1) is 12.5. The maximum absolute atomic E-state index is 12.5. The Morgan fingerprint density at radius 1 is 1.04 bits per heavy atom. The van der Waals surface area contributed by atoms with E-state index in [1.807, 2.05) is 6.92 Å². The van der Waals surface area contributed by atoms with Crippen molar-refractivity contribution in [3.63, 3.8) is 0 Å². The molecule has 1 N–H and O–H groups in total. The summed E-state index contributed by atoms with van der Waals surface area (Å²) < 4.78 is 5.50. The monoisotopic (exact) mass is 352 g/mol.